The van der Waals surface area contributed by atoms with E-state index in [1.807, 2.05) is 12.1 Å². The molecule has 0 unspecified atom stereocenters. The van der Waals surface area contributed by atoms with Gasteiger partial charge in [-0.1, -0.05) is 52.4 Å². The van der Waals surface area contributed by atoms with Crippen LogP contribution in [0.15, 0.2) is 12.1 Å². The zero-order valence-electron chi connectivity index (χ0n) is 25.8. The molecule has 0 aliphatic carbocycles. The summed E-state index contributed by atoms with van der Waals surface area (Å²) in [6.45, 7) is 22.3. The second kappa shape index (κ2) is 12.5. The molecule has 0 aromatic heterocycles. The Morgan fingerprint density at radius 1 is 0.526 bits per heavy atom. The minimum absolute atomic E-state index is 0.457. The van der Waals surface area contributed by atoms with Crippen molar-refractivity contribution in [1.29, 1.82) is 0 Å². The molecule has 2 fully saturated rings. The van der Waals surface area contributed by atoms with Gasteiger partial charge in [0, 0.05) is 10.9 Å². The van der Waals surface area contributed by atoms with Gasteiger partial charge in [-0.2, -0.15) is 0 Å². The molecular formula is C30H52B2O6. The first-order valence-corrected chi connectivity index (χ1v) is 14.9. The molecule has 0 saturated carbocycles. The van der Waals surface area contributed by atoms with Gasteiger partial charge in [-0.05, 0) is 80.4 Å². The summed E-state index contributed by atoms with van der Waals surface area (Å²) in [5.41, 5.74) is -0.127. The van der Waals surface area contributed by atoms with Gasteiger partial charge in [-0.15, -0.1) is 0 Å². The van der Waals surface area contributed by atoms with E-state index in [1.165, 1.54) is 25.7 Å². The Kier molecular flexibility index (Phi) is 10.3. The average Bonchev–Trinajstić information content (AvgIpc) is 3.18. The molecule has 8 heteroatoms. The molecule has 38 heavy (non-hydrogen) atoms. The zero-order valence-corrected chi connectivity index (χ0v) is 25.8. The third-order valence-electron chi connectivity index (χ3n) is 8.67. The molecule has 214 valence electrons. The van der Waals surface area contributed by atoms with Gasteiger partial charge in [0.2, 0.25) is 0 Å². The van der Waals surface area contributed by atoms with E-state index in [9.17, 15) is 0 Å². The van der Waals surface area contributed by atoms with Gasteiger partial charge in [0.15, 0.2) is 0 Å². The predicted molar refractivity (Wildman–Crippen MR) is 157 cm³/mol. The first-order chi connectivity index (χ1) is 17.7. The van der Waals surface area contributed by atoms with E-state index in [0.717, 1.165) is 48.1 Å². The fraction of sp³-hybridized carbons (Fsp3) is 0.800. The lowest BCUT2D eigenvalue weighted by molar-refractivity contribution is 0.00578. The number of benzene rings is 1. The smallest absolute Gasteiger partial charge is 0.494 e. The maximum Gasteiger partial charge on any atom is 0.498 e. The van der Waals surface area contributed by atoms with Gasteiger partial charge in [-0.3, -0.25) is 0 Å². The van der Waals surface area contributed by atoms with Gasteiger partial charge >= 0.3 is 14.2 Å². The maximum atomic E-state index is 6.46. The maximum absolute atomic E-state index is 6.46. The molecule has 2 aliphatic rings. The van der Waals surface area contributed by atoms with Crippen LogP contribution in [0.3, 0.4) is 0 Å². The van der Waals surface area contributed by atoms with Crippen LogP contribution in [0.25, 0.3) is 0 Å². The van der Waals surface area contributed by atoms with Crippen LogP contribution in [0, 0.1) is 0 Å². The molecule has 1 aromatic carbocycles. The van der Waals surface area contributed by atoms with Crippen LogP contribution in [0.4, 0.5) is 0 Å². The van der Waals surface area contributed by atoms with Crippen molar-refractivity contribution in [3.63, 3.8) is 0 Å². The minimum Gasteiger partial charge on any atom is -0.494 e. The van der Waals surface area contributed by atoms with Crippen molar-refractivity contribution in [3.05, 3.63) is 12.1 Å². The first-order valence-electron chi connectivity index (χ1n) is 14.9. The number of unbranched alkanes of at least 4 members (excludes halogenated alkanes) is 6. The fourth-order valence-electron chi connectivity index (χ4n) is 4.57. The number of hydrogen-bond acceptors (Lipinski definition) is 6. The normalized spacial score (nSPS) is 21.2. The van der Waals surface area contributed by atoms with Crippen molar-refractivity contribution in [3.8, 4) is 11.5 Å². The summed E-state index contributed by atoms with van der Waals surface area (Å²) in [6.07, 6.45) is 9.08. The topological polar surface area (TPSA) is 55.4 Å². The van der Waals surface area contributed by atoms with E-state index in [1.54, 1.807) is 0 Å². The van der Waals surface area contributed by atoms with Crippen molar-refractivity contribution in [2.75, 3.05) is 13.2 Å². The largest absolute Gasteiger partial charge is 0.498 e. The lowest BCUT2D eigenvalue weighted by atomic mass is 9.72. The first kappa shape index (κ1) is 31.3. The predicted octanol–water partition coefficient (Wildman–Crippen LogP) is 6.20. The van der Waals surface area contributed by atoms with Crippen molar-refractivity contribution >= 4 is 25.2 Å². The molecule has 3 rings (SSSR count). The molecule has 2 aliphatic heterocycles. The third-order valence-corrected chi connectivity index (χ3v) is 8.67. The van der Waals surface area contributed by atoms with Crippen LogP contribution < -0.4 is 20.4 Å². The van der Waals surface area contributed by atoms with Gasteiger partial charge in [0.25, 0.3) is 0 Å². The van der Waals surface area contributed by atoms with Crippen LogP contribution in [0.1, 0.15) is 121 Å². The molecule has 0 N–H and O–H groups in total. The lowest BCUT2D eigenvalue weighted by Crippen LogP contribution is -2.41. The standard InChI is InChI=1S/C30H52B2O6/c1-11-13-15-17-19-33-25-21-24(32-37-29(7,8)30(9,10)38-32)26(34-20-18-16-14-12-2)22-23(25)31-35-27(3,4)28(5,6)36-31/h21-22H,11-20H2,1-10H3. The molecule has 1 aromatic rings. The van der Waals surface area contributed by atoms with E-state index < -0.39 is 36.6 Å². The van der Waals surface area contributed by atoms with E-state index in [2.05, 4.69) is 69.2 Å². The Hall–Kier alpha value is -1.21. The highest BCUT2D eigenvalue weighted by Crippen LogP contribution is 2.39. The van der Waals surface area contributed by atoms with Crippen LogP contribution in [-0.4, -0.2) is 49.9 Å². The Morgan fingerprint density at radius 3 is 1.13 bits per heavy atom. The van der Waals surface area contributed by atoms with Crippen LogP contribution in [0.2, 0.25) is 0 Å². The Morgan fingerprint density at radius 2 is 0.842 bits per heavy atom. The second-order valence-electron chi connectivity index (χ2n) is 12.9. The number of hydrogen-bond donors (Lipinski definition) is 0. The highest BCUT2D eigenvalue weighted by atomic mass is 16.7. The summed E-state index contributed by atoms with van der Waals surface area (Å²) >= 11 is 0. The van der Waals surface area contributed by atoms with Crippen molar-refractivity contribution in [1.82, 2.24) is 0 Å². The molecule has 6 nitrogen and oxygen atoms in total. The SMILES string of the molecule is CCCCCCOc1cc(B2OC(C)(C)C(C)(C)O2)c(OCCCCCC)cc1B1OC(C)(C)C(C)(C)O1. The van der Waals surface area contributed by atoms with Gasteiger partial charge in [-0.25, -0.2) is 0 Å². The third kappa shape index (κ3) is 7.10. The average molecular weight is 530 g/mol. The number of rotatable bonds is 14. The van der Waals surface area contributed by atoms with Crippen molar-refractivity contribution in [2.24, 2.45) is 0 Å². The zero-order chi connectivity index (χ0) is 28.2. The van der Waals surface area contributed by atoms with E-state index >= 15 is 0 Å². The molecule has 0 amide bonds. The van der Waals surface area contributed by atoms with Crippen molar-refractivity contribution < 1.29 is 28.1 Å². The van der Waals surface area contributed by atoms with E-state index in [-0.39, 0.29) is 0 Å². The summed E-state index contributed by atoms with van der Waals surface area (Å²) in [4.78, 5) is 0. The molecule has 2 heterocycles. The summed E-state index contributed by atoms with van der Waals surface area (Å²) in [5.74, 6) is 1.48. The Labute approximate surface area is 233 Å². The van der Waals surface area contributed by atoms with Crippen LogP contribution in [0.5, 0.6) is 11.5 Å². The molecule has 0 bridgehead atoms. The molecule has 0 spiro atoms. The molecular weight excluding hydrogens is 478 g/mol. The van der Waals surface area contributed by atoms with Gasteiger partial charge in [0.05, 0.1) is 35.6 Å². The summed E-state index contributed by atoms with van der Waals surface area (Å²) in [6, 6.07) is 4.06. The highest BCUT2D eigenvalue weighted by Gasteiger charge is 2.55. The quantitative estimate of drug-likeness (QED) is 0.211. The summed E-state index contributed by atoms with van der Waals surface area (Å²) in [7, 11) is -1.11. The van der Waals surface area contributed by atoms with Crippen molar-refractivity contribution in [2.45, 2.75) is 143 Å². The monoisotopic (exact) mass is 530 g/mol. The van der Waals surface area contributed by atoms with E-state index in [0.29, 0.717) is 13.2 Å². The minimum atomic E-state index is -0.555. The van der Waals surface area contributed by atoms with Crippen LogP contribution in [-0.2, 0) is 18.6 Å². The van der Waals surface area contributed by atoms with Gasteiger partial charge in [0.1, 0.15) is 11.5 Å². The second-order valence-corrected chi connectivity index (χ2v) is 12.9. The summed E-state index contributed by atoms with van der Waals surface area (Å²) in [5, 5.41) is 0. The molecule has 0 radical (unpaired) electrons. The van der Waals surface area contributed by atoms with Crippen LogP contribution >= 0.6 is 0 Å². The van der Waals surface area contributed by atoms with E-state index in [4.69, 9.17) is 28.1 Å². The number of ether oxygens (including phenoxy) is 2. The fourth-order valence-corrected chi connectivity index (χ4v) is 4.57. The Balaban J connectivity index is 1.98. The summed E-state index contributed by atoms with van der Waals surface area (Å²) < 4.78 is 38.7. The lowest BCUT2D eigenvalue weighted by Gasteiger charge is -2.32. The molecule has 0 atom stereocenters. The molecule has 2 saturated heterocycles. The Bertz CT molecular complexity index is 808. The highest BCUT2D eigenvalue weighted by molar-refractivity contribution is 6.66. The van der Waals surface area contributed by atoms with Gasteiger partial charge < -0.3 is 28.1 Å².